The van der Waals surface area contributed by atoms with E-state index in [0.717, 1.165) is 12.1 Å². The number of nitrogens with one attached hydrogen (secondary N) is 1. The first-order valence-electron chi connectivity index (χ1n) is 6.68. The molecule has 1 atom stereocenters. The van der Waals surface area contributed by atoms with Crippen LogP contribution >= 0.6 is 0 Å². The summed E-state index contributed by atoms with van der Waals surface area (Å²) in [7, 11) is 1.58. The van der Waals surface area contributed by atoms with Crippen LogP contribution < -0.4 is 16.4 Å². The van der Waals surface area contributed by atoms with Gasteiger partial charge in [0.1, 0.15) is 0 Å². The molecule has 5 nitrogen and oxygen atoms in total. The van der Waals surface area contributed by atoms with E-state index in [0.29, 0.717) is 6.54 Å². The fourth-order valence-electron chi connectivity index (χ4n) is 2.15. The fraction of sp³-hybridized carbons (Fsp3) is 0.333. The van der Waals surface area contributed by atoms with Crippen molar-refractivity contribution in [3.63, 3.8) is 0 Å². The monoisotopic (exact) mass is 273 g/mol. The molecular weight excluding hydrogens is 254 g/mol. The van der Waals surface area contributed by atoms with Crippen LogP contribution in [0, 0.1) is 0 Å². The van der Waals surface area contributed by atoms with Gasteiger partial charge >= 0.3 is 11.1 Å². The van der Waals surface area contributed by atoms with Crippen molar-refractivity contribution in [2.24, 2.45) is 7.05 Å². The first-order chi connectivity index (χ1) is 9.63. The SMILES string of the molecule is CCNC(Cn1ccn(C)c(=O)c1=O)c1ccccc1. The normalized spacial score (nSPS) is 12.3. The van der Waals surface area contributed by atoms with E-state index in [1.165, 1.54) is 9.13 Å². The predicted molar refractivity (Wildman–Crippen MR) is 78.8 cm³/mol. The first kappa shape index (κ1) is 14.3. The maximum Gasteiger partial charge on any atom is 0.316 e. The van der Waals surface area contributed by atoms with Crippen LogP contribution in [0.5, 0.6) is 0 Å². The summed E-state index contributed by atoms with van der Waals surface area (Å²) in [5.74, 6) is 0. The Morgan fingerprint density at radius 2 is 1.80 bits per heavy atom. The fourth-order valence-corrected chi connectivity index (χ4v) is 2.15. The minimum absolute atomic E-state index is 0.00556. The van der Waals surface area contributed by atoms with Gasteiger partial charge in [-0.25, -0.2) is 0 Å². The molecule has 106 valence electrons. The van der Waals surface area contributed by atoms with E-state index in [2.05, 4.69) is 5.32 Å². The highest BCUT2D eigenvalue weighted by Crippen LogP contribution is 2.13. The summed E-state index contributed by atoms with van der Waals surface area (Å²) < 4.78 is 2.76. The minimum atomic E-state index is -0.504. The maximum atomic E-state index is 12.0. The van der Waals surface area contributed by atoms with Crippen molar-refractivity contribution >= 4 is 0 Å². The maximum absolute atomic E-state index is 12.0. The van der Waals surface area contributed by atoms with Gasteiger partial charge in [0.05, 0.1) is 6.04 Å². The first-order valence-corrected chi connectivity index (χ1v) is 6.68. The van der Waals surface area contributed by atoms with E-state index in [4.69, 9.17) is 0 Å². The molecule has 1 N–H and O–H groups in total. The van der Waals surface area contributed by atoms with Crippen LogP contribution in [0.2, 0.25) is 0 Å². The minimum Gasteiger partial charge on any atom is -0.312 e. The molecule has 2 rings (SSSR count). The zero-order valence-electron chi connectivity index (χ0n) is 11.7. The van der Waals surface area contributed by atoms with Crippen molar-refractivity contribution in [2.75, 3.05) is 6.54 Å². The quantitative estimate of drug-likeness (QED) is 0.823. The highest BCUT2D eigenvalue weighted by Gasteiger charge is 2.12. The van der Waals surface area contributed by atoms with E-state index in [9.17, 15) is 9.59 Å². The van der Waals surface area contributed by atoms with Gasteiger partial charge in [-0.1, -0.05) is 37.3 Å². The van der Waals surface area contributed by atoms with Gasteiger partial charge in [0.25, 0.3) is 0 Å². The molecule has 1 aromatic heterocycles. The highest BCUT2D eigenvalue weighted by molar-refractivity contribution is 5.18. The molecule has 0 saturated heterocycles. The lowest BCUT2D eigenvalue weighted by Gasteiger charge is -2.19. The number of likely N-dealkylation sites (N-methyl/N-ethyl adjacent to an activating group) is 1. The van der Waals surface area contributed by atoms with Gasteiger partial charge in [-0.15, -0.1) is 0 Å². The lowest BCUT2D eigenvalue weighted by molar-refractivity contribution is 0.461. The van der Waals surface area contributed by atoms with E-state index >= 15 is 0 Å². The van der Waals surface area contributed by atoms with Gasteiger partial charge in [-0.2, -0.15) is 0 Å². The number of benzene rings is 1. The molecule has 0 amide bonds. The van der Waals surface area contributed by atoms with Crippen molar-refractivity contribution < 1.29 is 0 Å². The molecule has 20 heavy (non-hydrogen) atoms. The Kier molecular flexibility index (Phi) is 4.53. The Labute approximate surface area is 117 Å². The standard InChI is InChI=1S/C15H19N3O2/c1-3-16-13(12-7-5-4-6-8-12)11-18-10-9-17(2)14(19)15(18)20/h4-10,13,16H,3,11H2,1-2H3. The zero-order valence-corrected chi connectivity index (χ0v) is 11.7. The van der Waals surface area contributed by atoms with Gasteiger partial charge in [0.15, 0.2) is 0 Å². The van der Waals surface area contributed by atoms with Gasteiger partial charge in [0.2, 0.25) is 0 Å². The second-order valence-electron chi connectivity index (χ2n) is 4.69. The number of aromatic nitrogens is 2. The summed E-state index contributed by atoms with van der Waals surface area (Å²) in [6.45, 7) is 3.24. The second-order valence-corrected chi connectivity index (χ2v) is 4.69. The number of hydrogen-bond donors (Lipinski definition) is 1. The zero-order chi connectivity index (χ0) is 14.5. The van der Waals surface area contributed by atoms with Crippen LogP contribution in [-0.2, 0) is 13.6 Å². The molecule has 0 aliphatic heterocycles. The third kappa shape index (κ3) is 3.05. The Morgan fingerprint density at radius 3 is 2.45 bits per heavy atom. The van der Waals surface area contributed by atoms with Gasteiger partial charge in [-0.05, 0) is 12.1 Å². The summed E-state index contributed by atoms with van der Waals surface area (Å²) in [5, 5.41) is 3.34. The molecule has 0 radical (unpaired) electrons. The van der Waals surface area contributed by atoms with E-state index in [1.807, 2.05) is 37.3 Å². The van der Waals surface area contributed by atoms with Crippen molar-refractivity contribution in [3.05, 3.63) is 69.0 Å². The summed E-state index contributed by atoms with van der Waals surface area (Å²) in [6.07, 6.45) is 3.26. The Hall–Kier alpha value is -2.14. The lowest BCUT2D eigenvalue weighted by atomic mass is 10.1. The largest absolute Gasteiger partial charge is 0.316 e. The molecule has 2 aromatic rings. The number of hydrogen-bond acceptors (Lipinski definition) is 3. The molecule has 0 bridgehead atoms. The molecule has 0 aliphatic rings. The summed E-state index contributed by atoms with van der Waals surface area (Å²) >= 11 is 0. The van der Waals surface area contributed by atoms with Crippen LogP contribution in [0.15, 0.2) is 52.3 Å². The summed E-state index contributed by atoms with van der Waals surface area (Å²) in [4.78, 5) is 23.6. The van der Waals surface area contributed by atoms with Gasteiger partial charge in [-0.3, -0.25) is 9.59 Å². The molecule has 5 heteroatoms. The number of nitrogens with zero attached hydrogens (tertiary/aromatic N) is 2. The van der Waals surface area contributed by atoms with Crippen LogP contribution in [0.1, 0.15) is 18.5 Å². The van der Waals surface area contributed by atoms with Crippen molar-refractivity contribution in [3.8, 4) is 0 Å². The number of aryl methyl sites for hydroxylation is 1. The Morgan fingerprint density at radius 1 is 1.10 bits per heavy atom. The smallest absolute Gasteiger partial charge is 0.312 e. The second kappa shape index (κ2) is 6.34. The van der Waals surface area contributed by atoms with Crippen LogP contribution in [0.3, 0.4) is 0 Å². The molecule has 1 aromatic carbocycles. The average Bonchev–Trinajstić information content (AvgIpc) is 2.48. The lowest BCUT2D eigenvalue weighted by Crippen LogP contribution is -2.41. The van der Waals surface area contributed by atoms with Crippen LogP contribution in [0.4, 0.5) is 0 Å². The van der Waals surface area contributed by atoms with E-state index < -0.39 is 11.1 Å². The van der Waals surface area contributed by atoms with Crippen molar-refractivity contribution in [1.82, 2.24) is 14.5 Å². The molecule has 0 aliphatic carbocycles. The predicted octanol–water partition coefficient (Wildman–Crippen LogP) is 0.898. The van der Waals surface area contributed by atoms with Crippen LogP contribution in [0.25, 0.3) is 0 Å². The van der Waals surface area contributed by atoms with E-state index in [-0.39, 0.29) is 6.04 Å². The summed E-state index contributed by atoms with van der Waals surface area (Å²) in [6, 6.07) is 9.92. The summed E-state index contributed by atoms with van der Waals surface area (Å²) in [5.41, 5.74) is 0.103. The van der Waals surface area contributed by atoms with Crippen LogP contribution in [-0.4, -0.2) is 15.7 Å². The molecule has 0 saturated carbocycles. The topological polar surface area (TPSA) is 56.0 Å². The molecular formula is C15H19N3O2. The highest BCUT2D eigenvalue weighted by atomic mass is 16.2. The van der Waals surface area contributed by atoms with Crippen molar-refractivity contribution in [2.45, 2.75) is 19.5 Å². The average molecular weight is 273 g/mol. The Balaban J connectivity index is 2.32. The van der Waals surface area contributed by atoms with Gasteiger partial charge in [0, 0.05) is 26.0 Å². The molecule has 1 unspecified atom stereocenters. The third-order valence-electron chi connectivity index (χ3n) is 3.27. The molecule has 0 spiro atoms. The molecule has 1 heterocycles. The van der Waals surface area contributed by atoms with Gasteiger partial charge < -0.3 is 14.5 Å². The molecule has 0 fully saturated rings. The van der Waals surface area contributed by atoms with E-state index in [1.54, 1.807) is 19.4 Å². The number of rotatable bonds is 5. The van der Waals surface area contributed by atoms with Crippen molar-refractivity contribution in [1.29, 1.82) is 0 Å². The Bertz CT molecular complexity index is 674. The third-order valence-corrected chi connectivity index (χ3v) is 3.27.